The highest BCUT2D eigenvalue weighted by atomic mass is 79.9. The first kappa shape index (κ1) is 11.9. The molecule has 0 amide bonds. The van der Waals surface area contributed by atoms with Gasteiger partial charge >= 0.3 is 0 Å². The standard InChI is InChI=1S/C14H11BrO2/c1-10-2-5-12(6-3-10)17-14-7-4-11(9-16)8-13(14)15/h2-9H,1H3. The third kappa shape index (κ3) is 2.94. The first-order valence-electron chi connectivity index (χ1n) is 5.18. The minimum atomic E-state index is 0.619. The summed E-state index contributed by atoms with van der Waals surface area (Å²) < 4.78 is 6.47. The van der Waals surface area contributed by atoms with Crippen LogP contribution >= 0.6 is 15.9 Å². The fourth-order valence-corrected chi connectivity index (χ4v) is 1.88. The third-order valence-electron chi connectivity index (χ3n) is 2.34. The lowest BCUT2D eigenvalue weighted by molar-refractivity contribution is 0.112. The van der Waals surface area contributed by atoms with Gasteiger partial charge in [-0.3, -0.25) is 4.79 Å². The van der Waals surface area contributed by atoms with Gasteiger partial charge in [0.05, 0.1) is 4.47 Å². The highest BCUT2D eigenvalue weighted by Gasteiger charge is 2.03. The summed E-state index contributed by atoms with van der Waals surface area (Å²) in [7, 11) is 0. The van der Waals surface area contributed by atoms with E-state index in [9.17, 15) is 4.79 Å². The van der Waals surface area contributed by atoms with Crippen LogP contribution in [0.3, 0.4) is 0 Å². The molecule has 0 fully saturated rings. The van der Waals surface area contributed by atoms with Gasteiger partial charge in [0.15, 0.2) is 0 Å². The fourth-order valence-electron chi connectivity index (χ4n) is 1.41. The number of aldehydes is 1. The summed E-state index contributed by atoms with van der Waals surface area (Å²) in [5.41, 5.74) is 1.81. The van der Waals surface area contributed by atoms with E-state index in [0.717, 1.165) is 16.5 Å². The lowest BCUT2D eigenvalue weighted by Gasteiger charge is -2.08. The molecule has 17 heavy (non-hydrogen) atoms. The number of hydrogen-bond donors (Lipinski definition) is 0. The molecule has 0 spiro atoms. The number of benzene rings is 2. The van der Waals surface area contributed by atoms with Crippen LogP contribution in [0.15, 0.2) is 46.9 Å². The summed E-state index contributed by atoms with van der Waals surface area (Å²) in [6, 6.07) is 13.0. The summed E-state index contributed by atoms with van der Waals surface area (Å²) in [5, 5.41) is 0. The molecule has 0 unspecified atom stereocenters. The molecule has 0 saturated heterocycles. The van der Waals surface area contributed by atoms with Crippen molar-refractivity contribution < 1.29 is 9.53 Å². The van der Waals surface area contributed by atoms with Crippen LogP contribution in [-0.4, -0.2) is 6.29 Å². The fraction of sp³-hybridized carbons (Fsp3) is 0.0714. The van der Waals surface area contributed by atoms with Crippen molar-refractivity contribution >= 4 is 22.2 Å². The molecule has 0 aliphatic rings. The van der Waals surface area contributed by atoms with E-state index in [0.29, 0.717) is 11.3 Å². The van der Waals surface area contributed by atoms with Gasteiger partial charge in [-0.1, -0.05) is 17.7 Å². The maximum atomic E-state index is 10.6. The Labute approximate surface area is 108 Å². The van der Waals surface area contributed by atoms with Gasteiger partial charge in [0.2, 0.25) is 0 Å². The molecule has 2 nitrogen and oxygen atoms in total. The van der Waals surface area contributed by atoms with Crippen LogP contribution in [0, 0.1) is 6.92 Å². The van der Waals surface area contributed by atoms with Gasteiger partial charge in [0.25, 0.3) is 0 Å². The predicted molar refractivity (Wildman–Crippen MR) is 70.8 cm³/mol. The molecular formula is C14H11BrO2. The first-order valence-corrected chi connectivity index (χ1v) is 5.97. The number of ether oxygens (including phenoxy) is 1. The Morgan fingerprint density at radius 3 is 2.41 bits per heavy atom. The second-order valence-electron chi connectivity index (χ2n) is 3.72. The van der Waals surface area contributed by atoms with Crippen molar-refractivity contribution in [1.82, 2.24) is 0 Å². The molecule has 0 atom stereocenters. The van der Waals surface area contributed by atoms with E-state index in [1.807, 2.05) is 31.2 Å². The van der Waals surface area contributed by atoms with E-state index in [4.69, 9.17) is 4.74 Å². The topological polar surface area (TPSA) is 26.3 Å². The largest absolute Gasteiger partial charge is 0.456 e. The van der Waals surface area contributed by atoms with Crippen molar-refractivity contribution in [2.75, 3.05) is 0 Å². The zero-order chi connectivity index (χ0) is 12.3. The van der Waals surface area contributed by atoms with Crippen LogP contribution in [0.2, 0.25) is 0 Å². The summed E-state index contributed by atoms with van der Waals surface area (Å²) in [4.78, 5) is 10.6. The van der Waals surface area contributed by atoms with Crippen molar-refractivity contribution in [2.45, 2.75) is 6.92 Å². The van der Waals surface area contributed by atoms with E-state index >= 15 is 0 Å². The van der Waals surface area contributed by atoms with Crippen LogP contribution in [0.1, 0.15) is 15.9 Å². The van der Waals surface area contributed by atoms with Gasteiger partial charge in [-0.25, -0.2) is 0 Å². The Morgan fingerprint density at radius 2 is 1.82 bits per heavy atom. The third-order valence-corrected chi connectivity index (χ3v) is 2.96. The Balaban J connectivity index is 2.24. The monoisotopic (exact) mass is 290 g/mol. The minimum Gasteiger partial charge on any atom is -0.456 e. The van der Waals surface area contributed by atoms with E-state index in [2.05, 4.69) is 15.9 Å². The van der Waals surface area contributed by atoms with E-state index < -0.39 is 0 Å². The number of rotatable bonds is 3. The number of aryl methyl sites for hydroxylation is 1. The highest BCUT2D eigenvalue weighted by molar-refractivity contribution is 9.10. The summed E-state index contributed by atoms with van der Waals surface area (Å²) in [5.74, 6) is 1.47. The maximum absolute atomic E-state index is 10.6. The molecule has 2 aromatic carbocycles. The Kier molecular flexibility index (Phi) is 3.59. The predicted octanol–water partition coefficient (Wildman–Crippen LogP) is 4.36. The van der Waals surface area contributed by atoms with Crippen molar-refractivity contribution in [3.63, 3.8) is 0 Å². The molecule has 2 rings (SSSR count). The van der Waals surface area contributed by atoms with E-state index in [1.165, 1.54) is 5.56 Å². The zero-order valence-corrected chi connectivity index (χ0v) is 10.9. The van der Waals surface area contributed by atoms with Crippen molar-refractivity contribution in [3.8, 4) is 11.5 Å². The van der Waals surface area contributed by atoms with Crippen LogP contribution in [0.25, 0.3) is 0 Å². The van der Waals surface area contributed by atoms with E-state index in [1.54, 1.807) is 18.2 Å². The second-order valence-corrected chi connectivity index (χ2v) is 4.58. The average Bonchev–Trinajstić information content (AvgIpc) is 2.34. The van der Waals surface area contributed by atoms with Crippen molar-refractivity contribution in [1.29, 1.82) is 0 Å². The molecule has 0 aliphatic heterocycles. The van der Waals surface area contributed by atoms with Crippen LogP contribution in [0.5, 0.6) is 11.5 Å². The molecule has 0 N–H and O–H groups in total. The number of hydrogen-bond acceptors (Lipinski definition) is 2. The summed E-state index contributed by atoms with van der Waals surface area (Å²) in [6.45, 7) is 2.03. The van der Waals surface area contributed by atoms with Gasteiger partial charge in [0, 0.05) is 5.56 Å². The van der Waals surface area contributed by atoms with Gasteiger partial charge in [0.1, 0.15) is 17.8 Å². The smallest absolute Gasteiger partial charge is 0.150 e. The lowest BCUT2D eigenvalue weighted by Crippen LogP contribution is -1.87. The molecule has 3 heteroatoms. The van der Waals surface area contributed by atoms with E-state index in [-0.39, 0.29) is 0 Å². The quantitative estimate of drug-likeness (QED) is 0.785. The molecule has 0 aliphatic carbocycles. The molecule has 2 aromatic rings. The average molecular weight is 291 g/mol. The summed E-state index contributed by atoms with van der Waals surface area (Å²) in [6.07, 6.45) is 0.806. The van der Waals surface area contributed by atoms with Crippen LogP contribution in [-0.2, 0) is 0 Å². The normalized spacial score (nSPS) is 10.0. The zero-order valence-electron chi connectivity index (χ0n) is 9.31. The SMILES string of the molecule is Cc1ccc(Oc2ccc(C=O)cc2Br)cc1. The van der Waals surface area contributed by atoms with Crippen LogP contribution < -0.4 is 4.74 Å². The molecule has 0 bridgehead atoms. The Hall–Kier alpha value is -1.61. The molecule has 86 valence electrons. The van der Waals surface area contributed by atoms with Crippen molar-refractivity contribution in [3.05, 3.63) is 58.1 Å². The molecule has 0 saturated carbocycles. The minimum absolute atomic E-state index is 0.619. The Bertz CT molecular complexity index is 532. The molecule has 0 heterocycles. The first-order chi connectivity index (χ1) is 8.19. The summed E-state index contributed by atoms with van der Waals surface area (Å²) >= 11 is 3.38. The highest BCUT2D eigenvalue weighted by Crippen LogP contribution is 2.30. The van der Waals surface area contributed by atoms with Gasteiger partial charge < -0.3 is 4.74 Å². The Morgan fingerprint density at radius 1 is 1.12 bits per heavy atom. The molecule has 0 aromatic heterocycles. The number of carbonyl (C=O) groups is 1. The maximum Gasteiger partial charge on any atom is 0.150 e. The number of halogens is 1. The van der Waals surface area contributed by atoms with Crippen molar-refractivity contribution in [2.24, 2.45) is 0 Å². The van der Waals surface area contributed by atoms with Gasteiger partial charge in [-0.15, -0.1) is 0 Å². The van der Waals surface area contributed by atoms with Gasteiger partial charge in [-0.2, -0.15) is 0 Å². The second kappa shape index (κ2) is 5.15. The molecule has 0 radical (unpaired) electrons. The number of carbonyl (C=O) groups excluding carboxylic acids is 1. The van der Waals surface area contributed by atoms with Crippen LogP contribution in [0.4, 0.5) is 0 Å². The lowest BCUT2D eigenvalue weighted by atomic mass is 10.2. The van der Waals surface area contributed by atoms with Gasteiger partial charge in [-0.05, 0) is 53.2 Å². The molecular weight excluding hydrogens is 280 g/mol.